The number of benzene rings is 2. The van der Waals surface area contributed by atoms with Crippen LogP contribution >= 0.6 is 22.6 Å². The summed E-state index contributed by atoms with van der Waals surface area (Å²) in [6.07, 6.45) is -11.2. The highest BCUT2D eigenvalue weighted by Crippen LogP contribution is 2.27. The van der Waals surface area contributed by atoms with Crippen molar-refractivity contribution in [3.63, 3.8) is 0 Å². The molecule has 1 aromatic heterocycles. The van der Waals surface area contributed by atoms with Crippen molar-refractivity contribution in [2.75, 3.05) is 51.7 Å². The molecule has 2 aromatic carbocycles. The lowest BCUT2D eigenvalue weighted by atomic mass is 9.96. The monoisotopic (exact) mass is 915 g/mol. The molecule has 0 amide bonds. The smallest absolute Gasteiger partial charge is 0.490 e. The van der Waals surface area contributed by atoms with Crippen LogP contribution in [0.15, 0.2) is 52.3 Å². The van der Waals surface area contributed by atoms with Crippen LogP contribution in [0.1, 0.15) is 18.4 Å². The summed E-state index contributed by atoms with van der Waals surface area (Å²) >= 11 is 2.20. The van der Waals surface area contributed by atoms with Gasteiger partial charge in [-0.05, 0) is 104 Å². The van der Waals surface area contributed by atoms with E-state index in [9.17, 15) is 49.4 Å². The highest BCUT2D eigenvalue weighted by Gasteiger charge is 2.39. The minimum absolute atomic E-state index is 0.168. The number of aliphatic carboxylic acids is 3. The molecule has 23 heteroatoms. The fourth-order valence-corrected chi connectivity index (χ4v) is 4.82. The van der Waals surface area contributed by atoms with Crippen molar-refractivity contribution in [2.24, 2.45) is 10.9 Å². The number of aromatic amines is 1. The molecule has 4 rings (SSSR count). The second kappa shape index (κ2) is 21.4. The van der Waals surface area contributed by atoms with E-state index in [4.69, 9.17) is 29.7 Å². The predicted octanol–water partition coefficient (Wildman–Crippen LogP) is 5.86. The molecular weight excluding hydrogens is 880 g/mol. The van der Waals surface area contributed by atoms with Crippen molar-refractivity contribution in [3.8, 4) is 5.88 Å². The summed E-state index contributed by atoms with van der Waals surface area (Å²) in [6.45, 7) is 5.35. The van der Waals surface area contributed by atoms with Gasteiger partial charge in [-0.25, -0.2) is 14.4 Å². The van der Waals surface area contributed by atoms with Crippen LogP contribution in [-0.4, -0.2) is 120 Å². The van der Waals surface area contributed by atoms with Crippen molar-refractivity contribution in [2.45, 2.75) is 31.4 Å². The number of aromatic nitrogens is 1. The molecule has 0 bridgehead atoms. The standard InChI is InChI=1S/C26H32IN5O2.3C2HF3O2/c1-31(2)14-11-28-16-18-9-12-32(13-10-18)21-6-4-20(5-7-21)29-17-24-23-15-19(27)3-8-22(23)25(33)30-26(24)34;3*3-2(4,5)1(6)7/h3-8,15,17-18,28H,9-14,16H2,1-2H3,(H2,30,33,34);3*(H,6,7). The van der Waals surface area contributed by atoms with E-state index >= 15 is 0 Å². The van der Waals surface area contributed by atoms with Gasteiger partial charge in [0.05, 0.1) is 11.3 Å². The third-order valence-electron chi connectivity index (χ3n) is 7.07. The largest absolute Gasteiger partial charge is 0.494 e. The lowest BCUT2D eigenvalue weighted by Gasteiger charge is -2.34. The number of fused-ring (bicyclic) bond motifs is 1. The van der Waals surface area contributed by atoms with Gasteiger partial charge in [0, 0.05) is 52.4 Å². The summed E-state index contributed by atoms with van der Waals surface area (Å²) in [4.78, 5) is 50.6. The number of halogens is 10. The third-order valence-corrected chi connectivity index (χ3v) is 7.74. The average Bonchev–Trinajstić information content (AvgIpc) is 3.06. The summed E-state index contributed by atoms with van der Waals surface area (Å²) < 4.78 is 96.2. The van der Waals surface area contributed by atoms with E-state index < -0.39 is 36.4 Å². The number of anilines is 1. The summed E-state index contributed by atoms with van der Waals surface area (Å²) in [5.41, 5.74) is 2.22. The Labute approximate surface area is 319 Å². The van der Waals surface area contributed by atoms with Crippen LogP contribution in [0.5, 0.6) is 5.88 Å². The zero-order valence-corrected chi connectivity index (χ0v) is 30.8. The van der Waals surface area contributed by atoms with Gasteiger partial charge < -0.3 is 35.5 Å². The Hall–Kier alpha value is -4.65. The summed E-state index contributed by atoms with van der Waals surface area (Å²) in [7, 11) is 4.21. The van der Waals surface area contributed by atoms with E-state index in [0.717, 1.165) is 47.9 Å². The lowest BCUT2D eigenvalue weighted by molar-refractivity contribution is -0.193. The average molecular weight is 916 g/mol. The number of H-pyrrole nitrogens is 1. The quantitative estimate of drug-likeness (QED) is 0.0687. The Balaban J connectivity index is 0.000000588. The van der Waals surface area contributed by atoms with Crippen LogP contribution in [0, 0.1) is 9.49 Å². The summed E-state index contributed by atoms with van der Waals surface area (Å²) in [5.74, 6) is -7.70. The molecular formula is C32H35F9IN5O8. The van der Waals surface area contributed by atoms with Crippen LogP contribution in [0.25, 0.3) is 10.8 Å². The molecule has 0 atom stereocenters. The highest BCUT2D eigenvalue weighted by atomic mass is 127. The van der Waals surface area contributed by atoms with Gasteiger partial charge in [-0.3, -0.25) is 14.8 Å². The molecule has 3 aromatic rings. The van der Waals surface area contributed by atoms with E-state index in [-0.39, 0.29) is 11.4 Å². The van der Waals surface area contributed by atoms with Crippen molar-refractivity contribution >= 4 is 68.9 Å². The zero-order chi connectivity index (χ0) is 42.3. The Morgan fingerprint density at radius 3 is 1.78 bits per heavy atom. The van der Waals surface area contributed by atoms with Gasteiger partial charge in [0.15, 0.2) is 0 Å². The first-order valence-corrected chi connectivity index (χ1v) is 16.5. The van der Waals surface area contributed by atoms with Crippen molar-refractivity contribution in [3.05, 3.63) is 62.0 Å². The van der Waals surface area contributed by atoms with Crippen molar-refractivity contribution in [1.29, 1.82) is 0 Å². The number of nitrogens with zero attached hydrogens (tertiary/aromatic N) is 3. The molecule has 1 fully saturated rings. The van der Waals surface area contributed by atoms with Gasteiger partial charge in [0.2, 0.25) is 5.88 Å². The number of carboxylic acids is 3. The molecule has 1 aliphatic heterocycles. The third kappa shape index (κ3) is 18.0. The fraction of sp³-hybridized carbons (Fsp3) is 0.406. The van der Waals surface area contributed by atoms with E-state index in [1.807, 2.05) is 24.3 Å². The molecule has 6 N–H and O–H groups in total. The Morgan fingerprint density at radius 2 is 1.35 bits per heavy atom. The number of likely N-dealkylation sites (N-methyl/N-ethyl adjacent to an activating group) is 1. The van der Waals surface area contributed by atoms with Gasteiger partial charge >= 0.3 is 36.4 Å². The molecule has 0 spiro atoms. The second-order valence-corrected chi connectivity index (χ2v) is 12.8. The molecule has 55 heavy (non-hydrogen) atoms. The molecule has 0 aliphatic carbocycles. The maximum absolute atomic E-state index is 12.2. The number of alkyl halides is 9. The normalized spacial score (nSPS) is 13.7. The maximum Gasteiger partial charge on any atom is 0.490 e. The van der Waals surface area contributed by atoms with Crippen LogP contribution < -0.4 is 15.8 Å². The molecule has 0 unspecified atom stereocenters. The number of pyridine rings is 1. The number of nitrogens with one attached hydrogen (secondary N) is 2. The van der Waals surface area contributed by atoms with E-state index in [0.29, 0.717) is 16.3 Å². The van der Waals surface area contributed by atoms with Gasteiger partial charge in [0.1, 0.15) is 0 Å². The zero-order valence-electron chi connectivity index (χ0n) is 28.7. The van der Waals surface area contributed by atoms with Gasteiger partial charge in [-0.1, -0.05) is 0 Å². The first kappa shape index (κ1) is 48.4. The summed E-state index contributed by atoms with van der Waals surface area (Å²) in [6, 6.07) is 13.7. The molecule has 1 aliphatic rings. The van der Waals surface area contributed by atoms with Crippen LogP contribution in [-0.2, 0) is 14.4 Å². The van der Waals surface area contributed by atoms with Crippen LogP contribution in [0.2, 0.25) is 0 Å². The second-order valence-electron chi connectivity index (χ2n) is 11.5. The number of carbonyl (C=O) groups is 3. The first-order valence-electron chi connectivity index (χ1n) is 15.4. The Bertz CT molecular complexity index is 1750. The van der Waals surface area contributed by atoms with E-state index in [1.165, 1.54) is 18.5 Å². The van der Waals surface area contributed by atoms with Crippen LogP contribution in [0.4, 0.5) is 50.9 Å². The number of carboxylic acid groups (broad SMARTS) is 3. The topological polar surface area (TPSA) is 196 Å². The van der Waals surface area contributed by atoms with E-state index in [1.54, 1.807) is 12.3 Å². The van der Waals surface area contributed by atoms with Gasteiger partial charge in [-0.2, -0.15) is 39.5 Å². The molecule has 0 saturated carbocycles. The molecule has 2 heterocycles. The number of hydrogen-bond acceptors (Lipinski definition) is 9. The molecule has 306 valence electrons. The highest BCUT2D eigenvalue weighted by molar-refractivity contribution is 14.1. The van der Waals surface area contributed by atoms with Gasteiger partial charge in [0.25, 0.3) is 5.56 Å². The van der Waals surface area contributed by atoms with Crippen molar-refractivity contribution < 1.29 is 74.3 Å². The number of rotatable bonds is 8. The summed E-state index contributed by atoms with van der Waals surface area (Å²) in [5, 5.41) is 36.5. The number of aromatic hydroxyl groups is 1. The number of hydrogen-bond donors (Lipinski definition) is 6. The lowest BCUT2D eigenvalue weighted by Crippen LogP contribution is -2.38. The van der Waals surface area contributed by atoms with Gasteiger partial charge in [-0.15, -0.1) is 0 Å². The minimum atomic E-state index is -5.08. The SMILES string of the molecule is CN(C)CCNCC1CCN(c2ccc(N=Cc3c(O)[nH]c(=O)c4ccc(I)cc34)cc2)CC1.O=C(O)C(F)(F)F.O=C(O)C(F)(F)F.O=C(O)C(F)(F)F. The Kier molecular flexibility index (Phi) is 18.9. The number of aliphatic imine (C=N–C) groups is 1. The molecule has 13 nitrogen and oxygen atoms in total. The molecule has 1 saturated heterocycles. The number of piperidine rings is 1. The maximum atomic E-state index is 12.2. The van der Waals surface area contributed by atoms with E-state index in [2.05, 4.69) is 73.9 Å². The first-order chi connectivity index (χ1) is 25.2. The van der Waals surface area contributed by atoms with Crippen LogP contribution in [0.3, 0.4) is 0 Å². The Morgan fingerprint density at radius 1 is 0.873 bits per heavy atom. The predicted molar refractivity (Wildman–Crippen MR) is 190 cm³/mol. The fourth-order valence-electron chi connectivity index (χ4n) is 4.33. The van der Waals surface area contributed by atoms with Crippen molar-refractivity contribution in [1.82, 2.24) is 15.2 Å². The minimum Gasteiger partial charge on any atom is -0.494 e. The molecule has 0 radical (unpaired) electrons.